The van der Waals surface area contributed by atoms with Crippen LogP contribution in [0, 0.1) is 0 Å². The molecule has 0 spiro atoms. The van der Waals surface area contributed by atoms with Gasteiger partial charge in [0.2, 0.25) is 0 Å². The predicted molar refractivity (Wildman–Crippen MR) is 50.6 cm³/mol. The van der Waals surface area contributed by atoms with Gasteiger partial charge in [-0.3, -0.25) is 0 Å². The van der Waals surface area contributed by atoms with E-state index in [1.165, 1.54) is 0 Å². The molecule has 0 saturated carbocycles. The number of alkyl halides is 1. The van der Waals surface area contributed by atoms with Crippen LogP contribution >= 0.6 is 0 Å². The molecule has 1 aromatic rings. The van der Waals surface area contributed by atoms with Gasteiger partial charge in [0.05, 0.1) is 0 Å². The zero-order chi connectivity index (χ0) is 9.10. The van der Waals surface area contributed by atoms with Gasteiger partial charge in [0.15, 0.2) is 0 Å². The van der Waals surface area contributed by atoms with Crippen molar-refractivity contribution in [3.05, 3.63) is 35.9 Å². The first-order valence-electron chi connectivity index (χ1n) is 4.70. The van der Waals surface area contributed by atoms with E-state index in [1.807, 2.05) is 30.3 Å². The van der Waals surface area contributed by atoms with E-state index >= 15 is 0 Å². The van der Waals surface area contributed by atoms with Crippen LogP contribution in [0.15, 0.2) is 30.3 Å². The van der Waals surface area contributed by atoms with Crippen molar-refractivity contribution < 1.29 is 4.39 Å². The van der Waals surface area contributed by atoms with Gasteiger partial charge in [-0.05, 0) is 12.0 Å². The maximum atomic E-state index is 13.4. The van der Waals surface area contributed by atoms with E-state index in [4.69, 9.17) is 0 Å². The lowest BCUT2D eigenvalue weighted by Crippen LogP contribution is -2.32. The van der Waals surface area contributed by atoms with E-state index in [1.54, 1.807) is 0 Å². The third-order valence-corrected chi connectivity index (χ3v) is 2.57. The van der Waals surface area contributed by atoms with Crippen molar-refractivity contribution in [2.75, 3.05) is 13.1 Å². The highest BCUT2D eigenvalue weighted by Crippen LogP contribution is 2.27. The average Bonchev–Trinajstić information content (AvgIpc) is 2.20. The van der Waals surface area contributed by atoms with Gasteiger partial charge in [-0.25, -0.2) is 9.71 Å². The maximum absolute atomic E-state index is 13.4. The Morgan fingerprint density at radius 1 is 1.23 bits per heavy atom. The fourth-order valence-corrected chi connectivity index (χ4v) is 1.83. The van der Waals surface area contributed by atoms with Crippen molar-refractivity contribution in [3.63, 3.8) is 0 Å². The van der Waals surface area contributed by atoms with Crippen LogP contribution in [0.25, 0.3) is 0 Å². The highest BCUT2D eigenvalue weighted by atomic mass is 19.1. The summed E-state index contributed by atoms with van der Waals surface area (Å²) in [6.45, 7) is 1.18. The van der Waals surface area contributed by atoms with Crippen LogP contribution in [0.5, 0.6) is 0 Å². The van der Waals surface area contributed by atoms with Gasteiger partial charge in [-0.1, -0.05) is 30.3 Å². The third-order valence-electron chi connectivity index (χ3n) is 2.57. The predicted octanol–water partition coefficient (Wildman–Crippen LogP) is 2.12. The number of halogens is 1. The van der Waals surface area contributed by atoms with Gasteiger partial charge in [0, 0.05) is 19.0 Å². The summed E-state index contributed by atoms with van der Waals surface area (Å²) in [6.07, 6.45) is 0.0710. The molecule has 1 radical (unpaired) electrons. The van der Waals surface area contributed by atoms with Crippen molar-refractivity contribution in [1.82, 2.24) is 5.32 Å². The fourth-order valence-electron chi connectivity index (χ4n) is 1.83. The zero-order valence-corrected chi connectivity index (χ0v) is 7.49. The highest BCUT2D eigenvalue weighted by molar-refractivity contribution is 5.21. The van der Waals surface area contributed by atoms with Crippen molar-refractivity contribution in [3.8, 4) is 0 Å². The SMILES string of the molecule is F[C@@H]1C[N]CC[C@H]1c1ccccc1. The van der Waals surface area contributed by atoms with Crippen LogP contribution < -0.4 is 5.32 Å². The molecule has 1 heterocycles. The number of benzene rings is 1. The minimum absolute atomic E-state index is 0.0682. The maximum Gasteiger partial charge on any atom is 0.121 e. The molecular weight excluding hydrogens is 165 g/mol. The molecule has 69 valence electrons. The smallest absolute Gasteiger partial charge is 0.121 e. The summed E-state index contributed by atoms with van der Waals surface area (Å²) in [7, 11) is 0. The van der Waals surface area contributed by atoms with Gasteiger partial charge in [-0.15, -0.1) is 0 Å². The van der Waals surface area contributed by atoms with Crippen LogP contribution in [0.4, 0.5) is 4.39 Å². The number of rotatable bonds is 1. The van der Waals surface area contributed by atoms with E-state index in [-0.39, 0.29) is 5.92 Å². The monoisotopic (exact) mass is 178 g/mol. The molecule has 0 amide bonds. The normalized spacial score (nSPS) is 28.7. The summed E-state index contributed by atoms with van der Waals surface area (Å²) in [5.74, 6) is 0.0682. The van der Waals surface area contributed by atoms with Crippen LogP contribution in [-0.2, 0) is 0 Å². The molecule has 1 aliphatic rings. The first-order valence-corrected chi connectivity index (χ1v) is 4.70. The summed E-state index contributed by atoms with van der Waals surface area (Å²) in [6, 6.07) is 9.90. The van der Waals surface area contributed by atoms with E-state index < -0.39 is 6.17 Å². The van der Waals surface area contributed by atoms with Gasteiger partial charge < -0.3 is 0 Å². The van der Waals surface area contributed by atoms with Crippen LogP contribution in [0.2, 0.25) is 0 Å². The van der Waals surface area contributed by atoms with E-state index in [2.05, 4.69) is 5.32 Å². The summed E-state index contributed by atoms with van der Waals surface area (Å²) in [4.78, 5) is 0. The summed E-state index contributed by atoms with van der Waals surface area (Å²) in [5.41, 5.74) is 1.12. The molecule has 2 atom stereocenters. The quantitative estimate of drug-likeness (QED) is 0.625. The second-order valence-electron chi connectivity index (χ2n) is 3.45. The standard InChI is InChI=1S/C11H13FN/c12-11-8-13-7-6-10(11)9-4-2-1-3-5-9/h1-5,10-11H,6-8H2/t10-,11+/m0/s1. The molecule has 1 nitrogen and oxygen atoms in total. The zero-order valence-electron chi connectivity index (χ0n) is 7.49. The molecule has 2 rings (SSSR count). The molecule has 1 fully saturated rings. The lowest BCUT2D eigenvalue weighted by Gasteiger charge is -2.25. The van der Waals surface area contributed by atoms with E-state index in [0.717, 1.165) is 18.5 Å². The first-order chi connectivity index (χ1) is 6.38. The van der Waals surface area contributed by atoms with Gasteiger partial charge in [0.25, 0.3) is 0 Å². The number of nitrogens with zero attached hydrogens (tertiary/aromatic N) is 1. The summed E-state index contributed by atoms with van der Waals surface area (Å²) < 4.78 is 13.4. The Balaban J connectivity index is 2.15. The molecule has 1 saturated heterocycles. The van der Waals surface area contributed by atoms with Gasteiger partial charge in [-0.2, -0.15) is 0 Å². The molecule has 1 aromatic carbocycles. The summed E-state index contributed by atoms with van der Waals surface area (Å²) >= 11 is 0. The second kappa shape index (κ2) is 3.88. The Morgan fingerprint density at radius 3 is 2.69 bits per heavy atom. The Labute approximate surface area is 78.0 Å². The van der Waals surface area contributed by atoms with Crippen molar-refractivity contribution in [2.24, 2.45) is 0 Å². The average molecular weight is 178 g/mol. The molecule has 0 aliphatic carbocycles. The molecule has 13 heavy (non-hydrogen) atoms. The van der Waals surface area contributed by atoms with Gasteiger partial charge >= 0.3 is 0 Å². The largest absolute Gasteiger partial charge is 0.245 e. The summed E-state index contributed by atoms with van der Waals surface area (Å²) in [5, 5.41) is 4.06. The number of hydrogen-bond acceptors (Lipinski definition) is 0. The Kier molecular flexibility index (Phi) is 2.60. The van der Waals surface area contributed by atoms with Gasteiger partial charge in [0.1, 0.15) is 6.17 Å². The lowest BCUT2D eigenvalue weighted by atomic mass is 9.89. The highest BCUT2D eigenvalue weighted by Gasteiger charge is 2.26. The Bertz CT molecular complexity index is 260. The number of piperidine rings is 1. The lowest BCUT2D eigenvalue weighted by molar-refractivity contribution is 0.228. The molecule has 0 bridgehead atoms. The number of hydrogen-bond donors (Lipinski definition) is 0. The molecule has 0 N–H and O–H groups in total. The van der Waals surface area contributed by atoms with Crippen LogP contribution in [0.1, 0.15) is 17.9 Å². The van der Waals surface area contributed by atoms with Crippen molar-refractivity contribution in [1.29, 1.82) is 0 Å². The molecule has 0 unspecified atom stereocenters. The minimum Gasteiger partial charge on any atom is -0.245 e. The fraction of sp³-hybridized carbons (Fsp3) is 0.455. The topological polar surface area (TPSA) is 14.1 Å². The van der Waals surface area contributed by atoms with E-state index in [0.29, 0.717) is 6.54 Å². The first kappa shape index (κ1) is 8.70. The molecule has 0 aromatic heterocycles. The Morgan fingerprint density at radius 2 is 2.00 bits per heavy atom. The molecular formula is C11H13FN. The second-order valence-corrected chi connectivity index (χ2v) is 3.45. The minimum atomic E-state index is -0.781. The third kappa shape index (κ3) is 1.89. The van der Waals surface area contributed by atoms with E-state index in [9.17, 15) is 4.39 Å². The Hall–Kier alpha value is -0.890. The van der Waals surface area contributed by atoms with Crippen LogP contribution in [-0.4, -0.2) is 19.3 Å². The van der Waals surface area contributed by atoms with Crippen molar-refractivity contribution in [2.45, 2.75) is 18.5 Å². The molecule has 2 heteroatoms. The van der Waals surface area contributed by atoms with Crippen LogP contribution in [0.3, 0.4) is 0 Å². The molecule has 1 aliphatic heterocycles. The van der Waals surface area contributed by atoms with Crippen molar-refractivity contribution >= 4 is 0 Å².